The van der Waals surface area contributed by atoms with Gasteiger partial charge in [-0.3, -0.25) is 9.78 Å². The number of pyridine rings is 1. The van der Waals surface area contributed by atoms with E-state index in [1.54, 1.807) is 13.0 Å². The smallest absolute Gasteiger partial charge is 0.244 e. The SMILES string of the molecule is CC1(C(N)=O)CCN(S(=O)(=O)c2cccnc2)CC1. The lowest BCUT2D eigenvalue weighted by atomic mass is 9.80. The van der Waals surface area contributed by atoms with Crippen LogP contribution in [0.4, 0.5) is 0 Å². The van der Waals surface area contributed by atoms with Gasteiger partial charge in [0.15, 0.2) is 0 Å². The van der Waals surface area contributed by atoms with Crippen molar-refractivity contribution in [2.45, 2.75) is 24.7 Å². The summed E-state index contributed by atoms with van der Waals surface area (Å²) >= 11 is 0. The van der Waals surface area contributed by atoms with Crippen molar-refractivity contribution in [2.75, 3.05) is 13.1 Å². The molecule has 0 unspecified atom stereocenters. The highest BCUT2D eigenvalue weighted by atomic mass is 32.2. The maximum absolute atomic E-state index is 12.3. The zero-order valence-electron chi connectivity index (χ0n) is 10.7. The molecular formula is C12H17N3O3S. The van der Waals surface area contributed by atoms with Crippen LogP contribution in [0.2, 0.25) is 0 Å². The zero-order valence-corrected chi connectivity index (χ0v) is 11.6. The van der Waals surface area contributed by atoms with Gasteiger partial charge in [-0.05, 0) is 25.0 Å². The largest absolute Gasteiger partial charge is 0.369 e. The molecule has 0 bridgehead atoms. The molecule has 104 valence electrons. The number of carbonyl (C=O) groups is 1. The van der Waals surface area contributed by atoms with Crippen molar-refractivity contribution in [3.63, 3.8) is 0 Å². The van der Waals surface area contributed by atoms with E-state index in [0.717, 1.165) is 0 Å². The molecule has 6 nitrogen and oxygen atoms in total. The van der Waals surface area contributed by atoms with Gasteiger partial charge in [0.2, 0.25) is 15.9 Å². The van der Waals surface area contributed by atoms with Gasteiger partial charge in [-0.2, -0.15) is 4.31 Å². The van der Waals surface area contributed by atoms with Gasteiger partial charge < -0.3 is 5.73 Å². The Hall–Kier alpha value is -1.47. The lowest BCUT2D eigenvalue weighted by Gasteiger charge is -2.36. The van der Waals surface area contributed by atoms with Crippen molar-refractivity contribution in [2.24, 2.45) is 11.1 Å². The molecule has 19 heavy (non-hydrogen) atoms. The van der Waals surface area contributed by atoms with Gasteiger partial charge in [-0.25, -0.2) is 8.42 Å². The van der Waals surface area contributed by atoms with Crippen molar-refractivity contribution < 1.29 is 13.2 Å². The van der Waals surface area contributed by atoms with Crippen LogP contribution in [-0.2, 0) is 14.8 Å². The second-order valence-electron chi connectivity index (χ2n) is 5.02. The summed E-state index contributed by atoms with van der Waals surface area (Å²) < 4.78 is 26.1. The van der Waals surface area contributed by atoms with Gasteiger partial charge in [-0.1, -0.05) is 6.92 Å². The Morgan fingerprint density at radius 3 is 2.53 bits per heavy atom. The summed E-state index contributed by atoms with van der Waals surface area (Å²) in [6.07, 6.45) is 3.75. The summed E-state index contributed by atoms with van der Waals surface area (Å²) in [6, 6.07) is 3.11. The van der Waals surface area contributed by atoms with E-state index in [2.05, 4.69) is 4.98 Å². The summed E-state index contributed by atoms with van der Waals surface area (Å²) in [7, 11) is -3.52. The number of hydrogen-bond acceptors (Lipinski definition) is 4. The normalized spacial score (nSPS) is 20.1. The highest BCUT2D eigenvalue weighted by Gasteiger charge is 2.39. The van der Waals surface area contributed by atoms with E-state index in [1.165, 1.54) is 22.8 Å². The molecular weight excluding hydrogens is 266 g/mol. The molecule has 0 radical (unpaired) electrons. The molecule has 1 aliphatic rings. The van der Waals surface area contributed by atoms with Crippen molar-refractivity contribution in [1.82, 2.24) is 9.29 Å². The van der Waals surface area contributed by atoms with Crippen molar-refractivity contribution in [1.29, 1.82) is 0 Å². The quantitative estimate of drug-likeness (QED) is 0.866. The lowest BCUT2D eigenvalue weighted by molar-refractivity contribution is -0.128. The second kappa shape index (κ2) is 4.90. The molecule has 0 aromatic carbocycles. The van der Waals surface area contributed by atoms with E-state index < -0.39 is 15.4 Å². The first-order valence-electron chi connectivity index (χ1n) is 6.06. The van der Waals surface area contributed by atoms with Crippen LogP contribution in [0.3, 0.4) is 0 Å². The number of sulfonamides is 1. The molecule has 7 heteroatoms. The average Bonchev–Trinajstić information content (AvgIpc) is 2.40. The van der Waals surface area contributed by atoms with Gasteiger partial charge >= 0.3 is 0 Å². The van der Waals surface area contributed by atoms with Gasteiger partial charge in [0.25, 0.3) is 0 Å². The standard InChI is InChI=1S/C12H17N3O3S/c1-12(11(13)16)4-7-15(8-5-12)19(17,18)10-3-2-6-14-9-10/h2-3,6,9H,4-5,7-8H2,1H3,(H2,13,16). The first-order chi connectivity index (χ1) is 8.86. The highest BCUT2D eigenvalue weighted by molar-refractivity contribution is 7.89. The third kappa shape index (κ3) is 2.62. The van der Waals surface area contributed by atoms with Crippen LogP contribution in [0.25, 0.3) is 0 Å². The average molecular weight is 283 g/mol. The van der Waals surface area contributed by atoms with Crippen LogP contribution in [0, 0.1) is 5.41 Å². The maximum atomic E-state index is 12.3. The van der Waals surface area contributed by atoms with Crippen LogP contribution in [0.1, 0.15) is 19.8 Å². The third-order valence-electron chi connectivity index (χ3n) is 3.69. The molecule has 0 atom stereocenters. The number of piperidine rings is 1. The lowest BCUT2D eigenvalue weighted by Crippen LogP contribution is -2.47. The van der Waals surface area contributed by atoms with Gasteiger partial charge in [0, 0.05) is 30.9 Å². The van der Waals surface area contributed by atoms with E-state index in [0.29, 0.717) is 25.9 Å². The number of hydrogen-bond donors (Lipinski definition) is 1. The maximum Gasteiger partial charge on any atom is 0.244 e. The van der Waals surface area contributed by atoms with Crippen LogP contribution in [0.15, 0.2) is 29.4 Å². The molecule has 1 fully saturated rings. The molecule has 1 amide bonds. The van der Waals surface area contributed by atoms with Gasteiger partial charge in [0.1, 0.15) is 4.90 Å². The third-order valence-corrected chi connectivity index (χ3v) is 5.58. The highest BCUT2D eigenvalue weighted by Crippen LogP contribution is 2.32. The molecule has 1 aromatic rings. The second-order valence-corrected chi connectivity index (χ2v) is 6.96. The van der Waals surface area contributed by atoms with E-state index in [4.69, 9.17) is 5.73 Å². The molecule has 2 heterocycles. The molecule has 0 saturated carbocycles. The minimum atomic E-state index is -3.52. The summed E-state index contributed by atoms with van der Waals surface area (Å²) in [5.74, 6) is -0.370. The molecule has 0 aliphatic carbocycles. The predicted molar refractivity (Wildman–Crippen MR) is 69.5 cm³/mol. The van der Waals surface area contributed by atoms with Crippen molar-refractivity contribution in [3.8, 4) is 0 Å². The van der Waals surface area contributed by atoms with Crippen LogP contribution >= 0.6 is 0 Å². The number of rotatable bonds is 3. The number of amides is 1. The van der Waals surface area contributed by atoms with Crippen molar-refractivity contribution in [3.05, 3.63) is 24.5 Å². The Bertz CT molecular complexity index is 563. The minimum absolute atomic E-state index is 0.178. The van der Waals surface area contributed by atoms with Crippen LogP contribution < -0.4 is 5.73 Å². The predicted octanol–water partition coefficient (Wildman–Crippen LogP) is 0.358. The number of nitrogens with zero attached hydrogens (tertiary/aromatic N) is 2. The first kappa shape index (κ1) is 14.0. The molecule has 0 spiro atoms. The fourth-order valence-electron chi connectivity index (χ4n) is 2.12. The molecule has 1 aliphatic heterocycles. The van der Waals surface area contributed by atoms with Gasteiger partial charge in [-0.15, -0.1) is 0 Å². The zero-order chi connectivity index (χ0) is 14.1. The van der Waals surface area contributed by atoms with E-state index in [9.17, 15) is 13.2 Å². The fraction of sp³-hybridized carbons (Fsp3) is 0.500. The van der Waals surface area contributed by atoms with E-state index >= 15 is 0 Å². The molecule has 1 saturated heterocycles. The molecule has 2 N–H and O–H groups in total. The summed E-state index contributed by atoms with van der Waals surface area (Å²) in [5, 5.41) is 0. The van der Waals surface area contributed by atoms with Crippen LogP contribution in [-0.4, -0.2) is 36.7 Å². The Labute approximate surface area is 112 Å². The minimum Gasteiger partial charge on any atom is -0.369 e. The number of carbonyl (C=O) groups excluding carboxylic acids is 1. The summed E-state index contributed by atoms with van der Waals surface area (Å²) in [6.45, 7) is 2.39. The number of aromatic nitrogens is 1. The Morgan fingerprint density at radius 1 is 1.42 bits per heavy atom. The summed E-state index contributed by atoms with van der Waals surface area (Å²) in [5.41, 5.74) is 4.74. The monoisotopic (exact) mass is 283 g/mol. The summed E-state index contributed by atoms with van der Waals surface area (Å²) in [4.78, 5) is 15.3. The topological polar surface area (TPSA) is 93.4 Å². The number of primary amides is 1. The van der Waals surface area contributed by atoms with Crippen LogP contribution in [0.5, 0.6) is 0 Å². The fourth-order valence-corrected chi connectivity index (χ4v) is 3.52. The van der Waals surface area contributed by atoms with Gasteiger partial charge in [0.05, 0.1) is 0 Å². The Balaban J connectivity index is 2.16. The molecule has 2 rings (SSSR count). The van der Waals surface area contributed by atoms with Crippen molar-refractivity contribution >= 4 is 15.9 Å². The number of nitrogens with two attached hydrogens (primary N) is 1. The Morgan fingerprint density at radius 2 is 2.05 bits per heavy atom. The van der Waals surface area contributed by atoms with E-state index in [-0.39, 0.29) is 10.8 Å². The Kier molecular flexibility index (Phi) is 3.60. The first-order valence-corrected chi connectivity index (χ1v) is 7.50. The molecule has 1 aromatic heterocycles. The van der Waals surface area contributed by atoms with E-state index in [1.807, 2.05) is 0 Å².